The van der Waals surface area contributed by atoms with Crippen LogP contribution in [0, 0.1) is 5.92 Å². The van der Waals surface area contributed by atoms with Gasteiger partial charge in [-0.3, -0.25) is 4.98 Å². The third-order valence-electron chi connectivity index (χ3n) is 5.40. The number of hydrogen-bond donors (Lipinski definition) is 2. The zero-order valence-electron chi connectivity index (χ0n) is 15.4. The number of carbonyl (C=O) groups excluding carboxylic acids is 1. The van der Waals surface area contributed by atoms with Crippen molar-refractivity contribution in [1.29, 1.82) is 0 Å². The minimum absolute atomic E-state index is 0.0279. The monoisotopic (exact) mass is 366 g/mol. The van der Waals surface area contributed by atoms with E-state index in [0.29, 0.717) is 25.1 Å². The van der Waals surface area contributed by atoms with Crippen molar-refractivity contribution in [3.63, 3.8) is 0 Å². The Morgan fingerprint density at radius 2 is 2.22 bits per heavy atom. The Hall–Kier alpha value is -2.60. The molecule has 2 amide bonds. The highest BCUT2D eigenvalue weighted by atomic mass is 16.5. The first-order valence-corrected chi connectivity index (χ1v) is 9.66. The highest BCUT2D eigenvalue weighted by molar-refractivity contribution is 5.74. The molecule has 2 N–H and O–H groups in total. The summed E-state index contributed by atoms with van der Waals surface area (Å²) in [6.45, 7) is 3.70. The van der Waals surface area contributed by atoms with Crippen LogP contribution in [0.15, 0.2) is 48.7 Å². The summed E-state index contributed by atoms with van der Waals surface area (Å²) >= 11 is 0. The number of piperidine rings is 1. The number of pyridine rings is 1. The Morgan fingerprint density at radius 3 is 3.11 bits per heavy atom. The Balaban J connectivity index is 1.27. The van der Waals surface area contributed by atoms with Crippen LogP contribution < -0.4 is 15.4 Å². The van der Waals surface area contributed by atoms with Gasteiger partial charge in [-0.1, -0.05) is 18.2 Å². The van der Waals surface area contributed by atoms with Gasteiger partial charge >= 0.3 is 6.03 Å². The largest absolute Gasteiger partial charge is 0.487 e. The molecule has 2 aliphatic rings. The standard InChI is InChI=1S/C21H26N4O2/c26-21(25-11-8-20-17(14-25)7-10-23-20)24-13-16-4-3-6-19(12-16)27-15-18-5-1-2-9-22-18/h1-6,9,12,17,20,23H,7-8,10-11,13-15H2,(H,24,26)/t17-,20+/m1/s1. The fourth-order valence-corrected chi connectivity index (χ4v) is 3.91. The van der Waals surface area contributed by atoms with Crippen LogP contribution in [-0.2, 0) is 13.2 Å². The topological polar surface area (TPSA) is 66.5 Å². The van der Waals surface area contributed by atoms with E-state index in [-0.39, 0.29) is 6.03 Å². The molecule has 2 aliphatic heterocycles. The number of nitrogens with one attached hydrogen (secondary N) is 2. The van der Waals surface area contributed by atoms with Crippen LogP contribution in [0.1, 0.15) is 24.1 Å². The van der Waals surface area contributed by atoms with Crippen LogP contribution >= 0.6 is 0 Å². The van der Waals surface area contributed by atoms with Crippen molar-refractivity contribution in [2.45, 2.75) is 32.0 Å². The fourth-order valence-electron chi connectivity index (χ4n) is 3.91. The van der Waals surface area contributed by atoms with Crippen LogP contribution in [0.4, 0.5) is 4.79 Å². The molecular weight excluding hydrogens is 340 g/mol. The van der Waals surface area contributed by atoms with Crippen molar-refractivity contribution >= 4 is 6.03 Å². The maximum absolute atomic E-state index is 12.5. The number of ether oxygens (including phenoxy) is 1. The van der Waals surface area contributed by atoms with Crippen molar-refractivity contribution < 1.29 is 9.53 Å². The van der Waals surface area contributed by atoms with E-state index < -0.39 is 0 Å². The SMILES string of the molecule is O=C(NCc1cccc(OCc2ccccn2)c1)N1CC[C@@H]2NCC[C@@H]2C1. The molecule has 0 aliphatic carbocycles. The van der Waals surface area contributed by atoms with Crippen LogP contribution in [0.25, 0.3) is 0 Å². The number of rotatable bonds is 5. The number of nitrogens with zero attached hydrogens (tertiary/aromatic N) is 2. The summed E-state index contributed by atoms with van der Waals surface area (Å²) in [6, 6.07) is 14.2. The van der Waals surface area contributed by atoms with Crippen molar-refractivity contribution in [3.8, 4) is 5.75 Å². The summed E-state index contributed by atoms with van der Waals surface area (Å²) < 4.78 is 5.81. The van der Waals surface area contributed by atoms with Gasteiger partial charge in [0.2, 0.25) is 0 Å². The summed E-state index contributed by atoms with van der Waals surface area (Å²) in [6.07, 6.45) is 3.98. The molecule has 6 nitrogen and oxygen atoms in total. The lowest BCUT2D eigenvalue weighted by Gasteiger charge is -2.34. The Bertz CT molecular complexity index is 768. The van der Waals surface area contributed by atoms with Gasteiger partial charge in [0.15, 0.2) is 0 Å². The lowest BCUT2D eigenvalue weighted by Crippen LogP contribution is -2.50. The number of hydrogen-bond acceptors (Lipinski definition) is 4. The minimum Gasteiger partial charge on any atom is -0.487 e. The molecule has 27 heavy (non-hydrogen) atoms. The number of amides is 2. The van der Waals surface area contributed by atoms with Gasteiger partial charge in [-0.05, 0) is 55.1 Å². The van der Waals surface area contributed by atoms with E-state index in [1.165, 1.54) is 6.42 Å². The quantitative estimate of drug-likeness (QED) is 0.854. The van der Waals surface area contributed by atoms with Crippen molar-refractivity contribution in [1.82, 2.24) is 20.5 Å². The summed E-state index contributed by atoms with van der Waals surface area (Å²) in [7, 11) is 0. The molecule has 0 spiro atoms. The van der Waals surface area contributed by atoms with Gasteiger partial charge in [-0.15, -0.1) is 0 Å². The van der Waals surface area contributed by atoms with E-state index in [2.05, 4.69) is 15.6 Å². The van der Waals surface area contributed by atoms with E-state index in [9.17, 15) is 4.79 Å². The zero-order chi connectivity index (χ0) is 18.5. The van der Waals surface area contributed by atoms with E-state index in [1.807, 2.05) is 47.4 Å². The number of aromatic nitrogens is 1. The van der Waals surface area contributed by atoms with Crippen LogP contribution in [0.5, 0.6) is 5.75 Å². The number of fused-ring (bicyclic) bond motifs is 1. The summed E-state index contributed by atoms with van der Waals surface area (Å²) in [5.41, 5.74) is 1.92. The third kappa shape index (κ3) is 4.57. The zero-order valence-corrected chi connectivity index (χ0v) is 15.4. The molecule has 0 bridgehead atoms. The highest BCUT2D eigenvalue weighted by Crippen LogP contribution is 2.24. The number of carbonyl (C=O) groups is 1. The van der Waals surface area contributed by atoms with Crippen molar-refractivity contribution in [2.24, 2.45) is 5.92 Å². The molecule has 4 rings (SSSR count). The molecule has 2 fully saturated rings. The van der Waals surface area contributed by atoms with E-state index in [1.54, 1.807) is 6.20 Å². The Labute approximate surface area is 159 Å². The second-order valence-electron chi connectivity index (χ2n) is 7.26. The first-order chi connectivity index (χ1) is 13.3. The van der Waals surface area contributed by atoms with Gasteiger partial charge in [0.05, 0.1) is 5.69 Å². The maximum atomic E-state index is 12.5. The normalized spacial score (nSPS) is 21.6. The molecule has 6 heteroatoms. The van der Waals surface area contributed by atoms with Gasteiger partial charge in [0.25, 0.3) is 0 Å². The summed E-state index contributed by atoms with van der Waals surface area (Å²) in [5, 5.41) is 6.58. The molecule has 0 saturated carbocycles. The molecule has 1 aromatic heterocycles. The lowest BCUT2D eigenvalue weighted by molar-refractivity contribution is 0.159. The summed E-state index contributed by atoms with van der Waals surface area (Å²) in [4.78, 5) is 18.7. The maximum Gasteiger partial charge on any atom is 0.317 e. The molecule has 0 radical (unpaired) electrons. The van der Waals surface area contributed by atoms with Crippen LogP contribution in [-0.4, -0.2) is 41.6 Å². The van der Waals surface area contributed by atoms with Crippen LogP contribution in [0.2, 0.25) is 0 Å². The molecule has 0 unspecified atom stereocenters. The third-order valence-corrected chi connectivity index (χ3v) is 5.40. The predicted octanol–water partition coefficient (Wildman–Crippen LogP) is 2.55. The molecular formula is C21H26N4O2. The van der Waals surface area contributed by atoms with E-state index in [0.717, 1.165) is 43.1 Å². The minimum atomic E-state index is 0.0279. The number of benzene rings is 1. The fraction of sp³-hybridized carbons (Fsp3) is 0.429. The van der Waals surface area contributed by atoms with Gasteiger partial charge in [0, 0.05) is 31.9 Å². The van der Waals surface area contributed by atoms with Crippen molar-refractivity contribution in [3.05, 3.63) is 59.9 Å². The second kappa shape index (κ2) is 8.39. The number of likely N-dealkylation sites (tertiary alicyclic amines) is 1. The van der Waals surface area contributed by atoms with Gasteiger partial charge in [-0.25, -0.2) is 4.79 Å². The van der Waals surface area contributed by atoms with Gasteiger partial charge < -0.3 is 20.3 Å². The average molecular weight is 366 g/mol. The molecule has 142 valence electrons. The van der Waals surface area contributed by atoms with Gasteiger partial charge in [0.1, 0.15) is 12.4 Å². The Kier molecular flexibility index (Phi) is 5.53. The highest BCUT2D eigenvalue weighted by Gasteiger charge is 2.34. The first kappa shape index (κ1) is 17.8. The van der Waals surface area contributed by atoms with Gasteiger partial charge in [-0.2, -0.15) is 0 Å². The predicted molar refractivity (Wildman–Crippen MR) is 103 cm³/mol. The molecule has 2 saturated heterocycles. The average Bonchev–Trinajstić information content (AvgIpc) is 3.19. The molecule has 3 heterocycles. The lowest BCUT2D eigenvalue weighted by atomic mass is 9.94. The van der Waals surface area contributed by atoms with Crippen molar-refractivity contribution in [2.75, 3.05) is 19.6 Å². The first-order valence-electron chi connectivity index (χ1n) is 9.66. The summed E-state index contributed by atoms with van der Waals surface area (Å²) in [5.74, 6) is 1.39. The second-order valence-corrected chi connectivity index (χ2v) is 7.26. The smallest absolute Gasteiger partial charge is 0.317 e. The Morgan fingerprint density at radius 1 is 1.26 bits per heavy atom. The molecule has 2 atom stereocenters. The van der Waals surface area contributed by atoms with E-state index >= 15 is 0 Å². The van der Waals surface area contributed by atoms with E-state index in [4.69, 9.17) is 4.74 Å². The van der Waals surface area contributed by atoms with Crippen LogP contribution in [0.3, 0.4) is 0 Å². The molecule has 2 aromatic rings. The number of urea groups is 1. The molecule has 1 aromatic carbocycles.